The highest BCUT2D eigenvalue weighted by Gasteiger charge is 2.33. The predicted molar refractivity (Wildman–Crippen MR) is 92.2 cm³/mol. The highest BCUT2D eigenvalue weighted by Crippen LogP contribution is 2.29. The van der Waals surface area contributed by atoms with Gasteiger partial charge in [0.2, 0.25) is 0 Å². The van der Waals surface area contributed by atoms with Gasteiger partial charge in [0, 0.05) is 19.2 Å². The van der Waals surface area contributed by atoms with Crippen molar-refractivity contribution in [1.82, 2.24) is 4.90 Å². The van der Waals surface area contributed by atoms with E-state index in [4.69, 9.17) is 9.47 Å². The van der Waals surface area contributed by atoms with Gasteiger partial charge in [0.05, 0.1) is 18.4 Å². The second-order valence-corrected chi connectivity index (χ2v) is 6.67. The van der Waals surface area contributed by atoms with Crippen molar-refractivity contribution in [2.45, 2.75) is 52.2 Å². The van der Waals surface area contributed by atoms with Crippen LogP contribution in [-0.2, 0) is 4.74 Å². The number of rotatable bonds is 4. The van der Waals surface area contributed by atoms with Crippen molar-refractivity contribution in [2.75, 3.05) is 25.6 Å². The molecule has 0 aliphatic carbocycles. The minimum Gasteiger partial charge on any atom is -0.495 e. The van der Waals surface area contributed by atoms with Gasteiger partial charge in [-0.05, 0) is 58.2 Å². The molecular weight excluding hydrogens is 292 g/mol. The van der Waals surface area contributed by atoms with Crippen LogP contribution in [0, 0.1) is 6.92 Å². The molecule has 0 aromatic heterocycles. The van der Waals surface area contributed by atoms with Crippen LogP contribution in [0.25, 0.3) is 0 Å². The standard InChI is InChI=1S/C18H28N2O3/c1-6-20(14-9-10-23-18(3,4)12-14)17(21)19-15-11-13(2)7-8-16(15)22-5/h7-8,11,14H,6,9-10,12H2,1-5H3,(H,19,21). The van der Waals surface area contributed by atoms with E-state index in [1.54, 1.807) is 7.11 Å². The lowest BCUT2D eigenvalue weighted by molar-refractivity contribution is -0.0758. The van der Waals surface area contributed by atoms with Gasteiger partial charge >= 0.3 is 6.03 Å². The van der Waals surface area contributed by atoms with E-state index < -0.39 is 0 Å². The van der Waals surface area contributed by atoms with Crippen LogP contribution in [0.1, 0.15) is 39.2 Å². The molecule has 1 atom stereocenters. The fourth-order valence-corrected chi connectivity index (χ4v) is 3.14. The normalized spacial score (nSPS) is 20.0. The van der Waals surface area contributed by atoms with Crippen molar-refractivity contribution in [1.29, 1.82) is 0 Å². The molecule has 1 saturated heterocycles. The summed E-state index contributed by atoms with van der Waals surface area (Å²) in [5.74, 6) is 0.673. The smallest absolute Gasteiger partial charge is 0.322 e. The Labute approximate surface area is 139 Å². The van der Waals surface area contributed by atoms with Gasteiger partial charge in [0.15, 0.2) is 0 Å². The summed E-state index contributed by atoms with van der Waals surface area (Å²) in [4.78, 5) is 14.6. The van der Waals surface area contributed by atoms with Crippen LogP contribution >= 0.6 is 0 Å². The molecule has 0 radical (unpaired) electrons. The number of aryl methyl sites for hydroxylation is 1. The molecular formula is C18H28N2O3. The van der Waals surface area contributed by atoms with Gasteiger partial charge in [-0.15, -0.1) is 0 Å². The molecule has 1 heterocycles. The van der Waals surface area contributed by atoms with E-state index in [0.29, 0.717) is 24.6 Å². The maximum absolute atomic E-state index is 12.8. The van der Waals surface area contributed by atoms with E-state index in [1.165, 1.54) is 0 Å². The third-order valence-corrected chi connectivity index (χ3v) is 4.31. The molecule has 5 nitrogen and oxygen atoms in total. The quantitative estimate of drug-likeness (QED) is 0.917. The summed E-state index contributed by atoms with van der Waals surface area (Å²) in [7, 11) is 1.61. The van der Waals surface area contributed by atoms with Crippen molar-refractivity contribution >= 4 is 11.7 Å². The minimum absolute atomic E-state index is 0.0842. The third-order valence-electron chi connectivity index (χ3n) is 4.31. The average molecular weight is 320 g/mol. The number of anilines is 1. The summed E-state index contributed by atoms with van der Waals surface area (Å²) in [6.45, 7) is 9.52. The molecule has 2 rings (SSSR count). The number of urea groups is 1. The number of amides is 2. The van der Waals surface area contributed by atoms with E-state index in [2.05, 4.69) is 19.2 Å². The van der Waals surface area contributed by atoms with E-state index in [1.807, 2.05) is 36.9 Å². The van der Waals surface area contributed by atoms with Crippen LogP contribution in [0.15, 0.2) is 18.2 Å². The second-order valence-electron chi connectivity index (χ2n) is 6.67. The van der Waals surface area contributed by atoms with Gasteiger partial charge in [0.1, 0.15) is 5.75 Å². The van der Waals surface area contributed by atoms with Crippen LogP contribution in [0.3, 0.4) is 0 Å². The third kappa shape index (κ3) is 4.38. The first-order valence-electron chi connectivity index (χ1n) is 8.22. The fourth-order valence-electron chi connectivity index (χ4n) is 3.14. The van der Waals surface area contributed by atoms with Gasteiger partial charge in [-0.25, -0.2) is 4.79 Å². The average Bonchev–Trinajstić information content (AvgIpc) is 2.47. The van der Waals surface area contributed by atoms with E-state index >= 15 is 0 Å². The molecule has 1 aliphatic heterocycles. The molecule has 23 heavy (non-hydrogen) atoms. The minimum atomic E-state index is -0.183. The van der Waals surface area contributed by atoms with Crippen molar-refractivity contribution in [2.24, 2.45) is 0 Å². The van der Waals surface area contributed by atoms with E-state index in [9.17, 15) is 4.79 Å². The Hall–Kier alpha value is -1.75. The molecule has 0 bridgehead atoms. The van der Waals surface area contributed by atoms with Crippen molar-refractivity contribution in [3.63, 3.8) is 0 Å². The van der Waals surface area contributed by atoms with Crippen LogP contribution in [-0.4, -0.2) is 42.8 Å². The zero-order valence-electron chi connectivity index (χ0n) is 14.8. The number of nitrogens with one attached hydrogen (secondary N) is 1. The summed E-state index contributed by atoms with van der Waals surface area (Å²) in [5.41, 5.74) is 1.61. The Kier molecular flexibility index (Phi) is 5.52. The Morgan fingerprint density at radius 1 is 1.48 bits per heavy atom. The van der Waals surface area contributed by atoms with E-state index in [-0.39, 0.29) is 17.7 Å². The van der Waals surface area contributed by atoms with Gasteiger partial charge in [-0.1, -0.05) is 6.07 Å². The Morgan fingerprint density at radius 2 is 2.22 bits per heavy atom. The fraction of sp³-hybridized carbons (Fsp3) is 0.611. The molecule has 2 amide bonds. The number of benzene rings is 1. The summed E-state index contributed by atoms with van der Waals surface area (Å²) in [5, 5.41) is 3.00. The monoisotopic (exact) mass is 320 g/mol. The van der Waals surface area contributed by atoms with Gasteiger partial charge in [-0.3, -0.25) is 0 Å². The molecule has 1 aromatic carbocycles. The first kappa shape index (κ1) is 17.6. The lowest BCUT2D eigenvalue weighted by atomic mass is 9.93. The molecule has 0 spiro atoms. The SMILES string of the molecule is CCN(C(=O)Nc1cc(C)ccc1OC)C1CCOC(C)(C)C1. The van der Waals surface area contributed by atoms with Crippen LogP contribution in [0.5, 0.6) is 5.75 Å². The predicted octanol–water partition coefficient (Wildman–Crippen LogP) is 3.82. The molecule has 1 fully saturated rings. The lowest BCUT2D eigenvalue weighted by Crippen LogP contribution is -2.49. The molecule has 5 heteroatoms. The number of hydrogen-bond donors (Lipinski definition) is 1. The second kappa shape index (κ2) is 7.21. The molecule has 0 saturated carbocycles. The van der Waals surface area contributed by atoms with Crippen molar-refractivity contribution in [3.05, 3.63) is 23.8 Å². The zero-order chi connectivity index (χ0) is 17.0. The van der Waals surface area contributed by atoms with Gasteiger partial charge in [0.25, 0.3) is 0 Å². The number of ether oxygens (including phenoxy) is 2. The summed E-state index contributed by atoms with van der Waals surface area (Å²) >= 11 is 0. The Balaban J connectivity index is 2.13. The molecule has 1 N–H and O–H groups in total. The van der Waals surface area contributed by atoms with Gasteiger partial charge in [-0.2, -0.15) is 0 Å². The topological polar surface area (TPSA) is 50.8 Å². The highest BCUT2D eigenvalue weighted by atomic mass is 16.5. The Morgan fingerprint density at radius 3 is 2.83 bits per heavy atom. The number of hydrogen-bond acceptors (Lipinski definition) is 3. The van der Waals surface area contributed by atoms with Crippen LogP contribution < -0.4 is 10.1 Å². The Bertz CT molecular complexity index is 557. The molecule has 1 aliphatic rings. The molecule has 1 unspecified atom stereocenters. The first-order valence-corrected chi connectivity index (χ1v) is 8.22. The van der Waals surface area contributed by atoms with Crippen molar-refractivity contribution in [3.8, 4) is 5.75 Å². The molecule has 1 aromatic rings. The largest absolute Gasteiger partial charge is 0.495 e. The van der Waals surface area contributed by atoms with Gasteiger partial charge < -0.3 is 19.7 Å². The first-order chi connectivity index (χ1) is 10.9. The summed E-state index contributed by atoms with van der Waals surface area (Å²) in [6, 6.07) is 5.88. The highest BCUT2D eigenvalue weighted by molar-refractivity contribution is 5.91. The summed E-state index contributed by atoms with van der Waals surface area (Å²) < 4.78 is 11.1. The lowest BCUT2D eigenvalue weighted by Gasteiger charge is -2.40. The van der Waals surface area contributed by atoms with Crippen molar-refractivity contribution < 1.29 is 14.3 Å². The molecule has 128 valence electrons. The van der Waals surface area contributed by atoms with E-state index in [0.717, 1.165) is 18.4 Å². The number of carbonyl (C=O) groups is 1. The maximum atomic E-state index is 12.8. The number of nitrogens with zero attached hydrogens (tertiary/aromatic N) is 1. The zero-order valence-corrected chi connectivity index (χ0v) is 14.8. The number of carbonyl (C=O) groups excluding carboxylic acids is 1. The number of methoxy groups -OCH3 is 1. The maximum Gasteiger partial charge on any atom is 0.322 e. The summed E-state index contributed by atoms with van der Waals surface area (Å²) in [6.07, 6.45) is 1.72. The van der Waals surface area contributed by atoms with Crippen LogP contribution in [0.2, 0.25) is 0 Å². The van der Waals surface area contributed by atoms with Crippen LogP contribution in [0.4, 0.5) is 10.5 Å².